The van der Waals surface area contributed by atoms with Gasteiger partial charge in [0, 0.05) is 5.41 Å². The SMILES string of the molecule is CC1=C=CCCc2ccc3ccc(-c4ccc5c(c4)C(C)(C)c4cc(/C(C)=c6\ccc7c8c(ccc(C)c68)CCC=7)ccc4-5)c(C)c3c21. The number of fused-ring (bicyclic) bond motifs is 6. The summed E-state index contributed by atoms with van der Waals surface area (Å²) >= 11 is 0. The topological polar surface area (TPSA) is 0 Å². The summed E-state index contributed by atoms with van der Waals surface area (Å²) in [5.74, 6) is 0. The maximum Gasteiger partial charge on any atom is 0.0159 e. The molecule has 0 amide bonds. The molecule has 0 saturated heterocycles. The van der Waals surface area contributed by atoms with Gasteiger partial charge in [0.25, 0.3) is 0 Å². The normalized spacial score (nSPS) is 16.2. The van der Waals surface area contributed by atoms with Crippen LogP contribution in [0.4, 0.5) is 0 Å². The van der Waals surface area contributed by atoms with Gasteiger partial charge in [-0.15, -0.1) is 5.73 Å². The molecule has 0 unspecified atom stereocenters. The molecule has 3 aliphatic rings. The number of hydrogen-bond donors (Lipinski definition) is 0. The summed E-state index contributed by atoms with van der Waals surface area (Å²) in [6.45, 7) is 14.0. The second-order valence-electron chi connectivity index (χ2n) is 15.0. The van der Waals surface area contributed by atoms with Crippen LogP contribution in [0.25, 0.3) is 61.0 Å². The average molecular weight is 619 g/mol. The maximum atomic E-state index is 3.57. The highest BCUT2D eigenvalue weighted by Gasteiger charge is 2.36. The first-order valence-corrected chi connectivity index (χ1v) is 17.7. The van der Waals surface area contributed by atoms with Gasteiger partial charge in [-0.25, -0.2) is 0 Å². The molecule has 0 atom stereocenters. The molecule has 0 fully saturated rings. The van der Waals surface area contributed by atoms with Crippen molar-refractivity contribution in [1.82, 2.24) is 0 Å². The summed E-state index contributed by atoms with van der Waals surface area (Å²) in [5, 5.41) is 8.35. The summed E-state index contributed by atoms with van der Waals surface area (Å²) in [6, 6.07) is 33.1. The first-order valence-electron chi connectivity index (χ1n) is 17.7. The number of allylic oxidation sites excluding steroid dienone is 1. The van der Waals surface area contributed by atoms with Crippen LogP contribution in [0, 0.1) is 13.8 Å². The van der Waals surface area contributed by atoms with Gasteiger partial charge in [0.15, 0.2) is 0 Å². The zero-order valence-electron chi connectivity index (χ0n) is 29.1. The first kappa shape index (κ1) is 29.3. The van der Waals surface area contributed by atoms with E-state index in [1.807, 2.05) is 0 Å². The van der Waals surface area contributed by atoms with Gasteiger partial charge in [-0.1, -0.05) is 92.7 Å². The number of benzene rings is 6. The van der Waals surface area contributed by atoms with Gasteiger partial charge >= 0.3 is 0 Å². The van der Waals surface area contributed by atoms with E-state index in [0.29, 0.717) is 0 Å². The molecule has 9 rings (SSSR count). The standard InChI is InChI=1S/C48H42/c1-28-10-7-8-11-32-16-17-35-18-22-38(31(4)46(35)44(28)32)37-21-25-41-40-24-20-36(26-42(40)48(5,6)43(41)27-37)30(3)39-23-19-34-13-9-12-33-15-14-29(2)45(39)47(33)34/h7,13-27H,8-9,11-12H2,1-6H3/b39-30+. The molecule has 0 bridgehead atoms. The molecular formula is C48H42. The van der Waals surface area contributed by atoms with E-state index in [0.717, 1.165) is 25.7 Å². The Morgan fingerprint density at radius 1 is 0.667 bits per heavy atom. The van der Waals surface area contributed by atoms with Gasteiger partial charge in [-0.2, -0.15) is 0 Å². The Balaban J connectivity index is 1.18. The number of rotatable bonds is 2. The second-order valence-corrected chi connectivity index (χ2v) is 15.0. The molecule has 48 heavy (non-hydrogen) atoms. The molecule has 0 nitrogen and oxygen atoms in total. The summed E-state index contributed by atoms with van der Waals surface area (Å²) in [4.78, 5) is 0. The molecule has 0 heteroatoms. The summed E-state index contributed by atoms with van der Waals surface area (Å²) in [7, 11) is 0. The van der Waals surface area contributed by atoms with Crippen molar-refractivity contribution in [2.75, 3.05) is 0 Å². The molecule has 0 saturated carbocycles. The molecule has 0 radical (unpaired) electrons. The maximum absolute atomic E-state index is 3.57. The fraction of sp³-hybridized carbons (Fsp3) is 0.229. The Labute approximate surface area is 284 Å². The van der Waals surface area contributed by atoms with Crippen molar-refractivity contribution >= 4 is 38.8 Å². The van der Waals surface area contributed by atoms with Crippen molar-refractivity contribution in [3.05, 3.63) is 152 Å². The Morgan fingerprint density at radius 3 is 2.25 bits per heavy atom. The van der Waals surface area contributed by atoms with Crippen molar-refractivity contribution in [2.45, 2.75) is 72.6 Å². The molecule has 0 heterocycles. The Hall–Kier alpha value is -4.90. The van der Waals surface area contributed by atoms with Crippen molar-refractivity contribution in [2.24, 2.45) is 0 Å². The fourth-order valence-corrected chi connectivity index (χ4v) is 9.25. The molecule has 0 spiro atoms. The van der Waals surface area contributed by atoms with Gasteiger partial charge in [0.05, 0.1) is 0 Å². The fourth-order valence-electron chi connectivity index (χ4n) is 9.25. The molecule has 0 aliphatic heterocycles. The van der Waals surface area contributed by atoms with Crippen LogP contribution < -0.4 is 10.4 Å². The zero-order chi connectivity index (χ0) is 32.9. The van der Waals surface area contributed by atoms with E-state index in [1.165, 1.54) is 110 Å². The molecule has 3 aliphatic carbocycles. The van der Waals surface area contributed by atoms with Gasteiger partial charge in [0.1, 0.15) is 0 Å². The van der Waals surface area contributed by atoms with Gasteiger partial charge < -0.3 is 0 Å². The molecule has 234 valence electrons. The van der Waals surface area contributed by atoms with E-state index in [4.69, 9.17) is 0 Å². The summed E-state index contributed by atoms with van der Waals surface area (Å²) < 4.78 is 0. The van der Waals surface area contributed by atoms with Crippen molar-refractivity contribution < 1.29 is 0 Å². The van der Waals surface area contributed by atoms with Gasteiger partial charge in [-0.05, 0) is 181 Å². The predicted molar refractivity (Wildman–Crippen MR) is 206 cm³/mol. The third kappa shape index (κ3) is 4.16. The van der Waals surface area contributed by atoms with Gasteiger partial charge in [-0.3, -0.25) is 0 Å². The minimum Gasteiger partial charge on any atom is -0.121 e. The van der Waals surface area contributed by atoms with E-state index < -0.39 is 0 Å². The third-order valence-corrected chi connectivity index (χ3v) is 11.9. The van der Waals surface area contributed by atoms with Crippen LogP contribution in [0.1, 0.15) is 85.0 Å². The lowest BCUT2D eigenvalue weighted by Gasteiger charge is -2.23. The van der Waals surface area contributed by atoms with Crippen molar-refractivity contribution in [3.8, 4) is 22.3 Å². The van der Waals surface area contributed by atoms with Crippen LogP contribution in [0.15, 0.2) is 96.7 Å². The molecule has 0 aromatic heterocycles. The minimum absolute atomic E-state index is 0.103. The van der Waals surface area contributed by atoms with E-state index >= 15 is 0 Å². The minimum atomic E-state index is -0.103. The van der Waals surface area contributed by atoms with E-state index in [-0.39, 0.29) is 5.41 Å². The van der Waals surface area contributed by atoms with Crippen LogP contribution in [0.5, 0.6) is 0 Å². The molecule has 0 N–H and O–H groups in total. The second kappa shape index (κ2) is 10.6. The molecular weight excluding hydrogens is 577 g/mol. The predicted octanol–water partition coefficient (Wildman–Crippen LogP) is 11.0. The molecule has 6 aromatic rings. The van der Waals surface area contributed by atoms with Gasteiger partial charge in [0.2, 0.25) is 0 Å². The smallest absolute Gasteiger partial charge is 0.0159 e. The highest BCUT2D eigenvalue weighted by Crippen LogP contribution is 2.50. The zero-order valence-corrected chi connectivity index (χ0v) is 29.1. The van der Waals surface area contributed by atoms with E-state index in [2.05, 4.69) is 144 Å². The highest BCUT2D eigenvalue weighted by atomic mass is 14.4. The summed E-state index contributed by atoms with van der Waals surface area (Å²) in [6.07, 6.45) is 9.02. The van der Waals surface area contributed by atoms with Crippen LogP contribution in [-0.2, 0) is 18.3 Å². The summed E-state index contributed by atoms with van der Waals surface area (Å²) in [5.41, 5.74) is 22.6. The number of hydrogen-bond acceptors (Lipinski definition) is 0. The van der Waals surface area contributed by atoms with Crippen LogP contribution in [0.2, 0.25) is 0 Å². The highest BCUT2D eigenvalue weighted by molar-refractivity contribution is 6.01. The monoisotopic (exact) mass is 618 g/mol. The van der Waals surface area contributed by atoms with E-state index in [9.17, 15) is 0 Å². The first-order chi connectivity index (χ1) is 23.2. The lowest BCUT2D eigenvalue weighted by atomic mass is 9.80. The Kier molecular flexibility index (Phi) is 6.43. The third-order valence-electron chi connectivity index (χ3n) is 11.9. The van der Waals surface area contributed by atoms with E-state index in [1.54, 1.807) is 0 Å². The van der Waals surface area contributed by atoms with Crippen molar-refractivity contribution in [1.29, 1.82) is 0 Å². The average Bonchev–Trinajstić information content (AvgIpc) is 3.19. The molecule has 6 aromatic carbocycles. The van der Waals surface area contributed by atoms with Crippen LogP contribution in [-0.4, -0.2) is 0 Å². The van der Waals surface area contributed by atoms with Crippen LogP contribution in [0.3, 0.4) is 0 Å². The lowest BCUT2D eigenvalue weighted by Crippen LogP contribution is -2.19. The lowest BCUT2D eigenvalue weighted by molar-refractivity contribution is 0.660. The number of aryl methyl sites for hydroxylation is 4. The Morgan fingerprint density at radius 2 is 1.40 bits per heavy atom. The quantitative estimate of drug-likeness (QED) is 0.169. The Bertz CT molecular complexity index is 2590. The largest absolute Gasteiger partial charge is 0.121 e. The van der Waals surface area contributed by atoms with Crippen LogP contribution >= 0.6 is 0 Å². The van der Waals surface area contributed by atoms with Crippen molar-refractivity contribution in [3.63, 3.8) is 0 Å².